The molecule has 2 aromatic rings. The number of aromatic nitrogens is 2. The predicted octanol–water partition coefficient (Wildman–Crippen LogP) is 1.35. The van der Waals surface area contributed by atoms with Crippen molar-refractivity contribution in [3.05, 3.63) is 52.8 Å². The molecule has 1 aliphatic rings. The van der Waals surface area contributed by atoms with Gasteiger partial charge in [0.1, 0.15) is 24.0 Å². The number of rotatable bonds is 11. The van der Waals surface area contributed by atoms with Crippen molar-refractivity contribution in [2.75, 3.05) is 12.3 Å². The van der Waals surface area contributed by atoms with E-state index in [4.69, 9.17) is 24.3 Å². The fourth-order valence-corrected chi connectivity index (χ4v) is 5.08. The van der Waals surface area contributed by atoms with Crippen molar-refractivity contribution >= 4 is 19.5 Å². The molecule has 17 heteroatoms. The van der Waals surface area contributed by atoms with Gasteiger partial charge in [0.05, 0.1) is 18.9 Å². The summed E-state index contributed by atoms with van der Waals surface area (Å²) in [5, 5.41) is 23.3. The van der Waals surface area contributed by atoms with Crippen molar-refractivity contribution in [1.82, 2.24) is 14.6 Å². The van der Waals surface area contributed by atoms with Crippen LogP contribution in [0.4, 0.5) is 19.0 Å². The molecule has 0 spiro atoms. The van der Waals surface area contributed by atoms with Crippen molar-refractivity contribution in [1.29, 1.82) is 0 Å². The number of ether oxygens (including phenoxy) is 2. The minimum Gasteiger partial charge on any atom is -0.462 e. The summed E-state index contributed by atoms with van der Waals surface area (Å²) in [5.74, 6) is -2.91. The number of esters is 1. The van der Waals surface area contributed by atoms with Gasteiger partial charge in [-0.2, -0.15) is 10.1 Å². The molecule has 5 N–H and O–H groups in total. The second-order valence-corrected chi connectivity index (χ2v) is 10.6. The molecule has 2 heterocycles. The lowest BCUT2D eigenvalue weighted by Gasteiger charge is -2.32. The number of nitrogen functional groups attached to an aromatic ring is 1. The van der Waals surface area contributed by atoms with Crippen molar-refractivity contribution < 1.29 is 51.3 Å². The number of nitrogens with zero attached hydrogens (tertiary/aromatic N) is 2. The first-order valence-electron chi connectivity index (χ1n) is 11.5. The second-order valence-electron chi connectivity index (χ2n) is 8.88. The maximum atomic E-state index is 14.4. The molecule has 0 amide bonds. The number of para-hydroxylation sites is 1. The van der Waals surface area contributed by atoms with Gasteiger partial charge in [0.15, 0.2) is 23.5 Å². The number of carbonyl (C=O) groups is 1. The zero-order valence-electron chi connectivity index (χ0n) is 20.9. The molecule has 39 heavy (non-hydrogen) atoms. The third-order valence-electron chi connectivity index (χ3n) is 5.52. The lowest BCUT2D eigenvalue weighted by molar-refractivity contribution is -0.193. The lowest BCUT2D eigenvalue weighted by atomic mass is 9.96. The van der Waals surface area contributed by atoms with Crippen LogP contribution in [0.3, 0.4) is 0 Å². The summed E-state index contributed by atoms with van der Waals surface area (Å²) in [6.07, 6.45) is -10.4. The molecule has 1 saturated heterocycles. The normalized spacial score (nSPS) is 25.4. The first-order valence-corrected chi connectivity index (χ1v) is 13.1. The third-order valence-corrected chi connectivity index (χ3v) is 7.14. The highest BCUT2D eigenvalue weighted by molar-refractivity contribution is 7.52. The number of halogens is 3. The van der Waals surface area contributed by atoms with E-state index in [1.165, 1.54) is 31.2 Å². The maximum absolute atomic E-state index is 14.4. The topological polar surface area (TPSA) is 184 Å². The van der Waals surface area contributed by atoms with E-state index < -0.39 is 80.3 Å². The number of nitrogens with one attached hydrogen (secondary N) is 1. The molecule has 1 aromatic heterocycles. The Morgan fingerprint density at radius 1 is 1.28 bits per heavy atom. The summed E-state index contributed by atoms with van der Waals surface area (Å²) in [4.78, 5) is 27.6. The molecule has 1 fully saturated rings. The van der Waals surface area contributed by atoms with Crippen LogP contribution in [0, 0.1) is 5.82 Å². The van der Waals surface area contributed by atoms with E-state index in [2.05, 4.69) is 10.1 Å². The van der Waals surface area contributed by atoms with E-state index in [0.717, 1.165) is 0 Å². The monoisotopic (exact) mass is 580 g/mol. The number of benzene rings is 1. The van der Waals surface area contributed by atoms with Gasteiger partial charge in [-0.05, 0) is 32.9 Å². The Labute approximate surface area is 220 Å². The average molecular weight is 580 g/mol. The Balaban J connectivity index is 1.92. The minimum atomic E-state index is -4.71. The highest BCUT2D eigenvalue weighted by Crippen LogP contribution is 2.49. The van der Waals surface area contributed by atoms with E-state index in [1.54, 1.807) is 19.9 Å². The molecule has 0 bridgehead atoms. The Morgan fingerprint density at radius 2 is 1.92 bits per heavy atom. The quantitative estimate of drug-likeness (QED) is 0.221. The molecule has 6 atom stereocenters. The van der Waals surface area contributed by atoms with Gasteiger partial charge in [0.25, 0.3) is 6.43 Å². The Kier molecular flexibility index (Phi) is 9.41. The van der Waals surface area contributed by atoms with Gasteiger partial charge >= 0.3 is 19.4 Å². The van der Waals surface area contributed by atoms with Crippen LogP contribution in [0.15, 0.2) is 41.3 Å². The molecule has 3 rings (SSSR count). The van der Waals surface area contributed by atoms with Crippen LogP contribution in [-0.2, 0) is 23.4 Å². The average Bonchev–Trinajstić information content (AvgIpc) is 3.11. The highest BCUT2D eigenvalue weighted by atomic mass is 31.2. The summed E-state index contributed by atoms with van der Waals surface area (Å²) in [5.41, 5.74) is 0.854. The minimum absolute atomic E-state index is 0.0374. The number of alkyl halides is 2. The van der Waals surface area contributed by atoms with Gasteiger partial charge < -0.3 is 29.9 Å². The molecule has 1 aliphatic heterocycles. The van der Waals surface area contributed by atoms with Gasteiger partial charge in [-0.3, -0.25) is 13.9 Å². The van der Waals surface area contributed by atoms with E-state index in [0.29, 0.717) is 10.8 Å². The van der Waals surface area contributed by atoms with Crippen molar-refractivity contribution in [2.45, 2.75) is 63.4 Å². The van der Waals surface area contributed by atoms with E-state index in [-0.39, 0.29) is 5.75 Å². The molecular formula is C22H28F3N4O9P. The number of hydrogen-bond donors (Lipinski definition) is 4. The molecule has 216 valence electrons. The van der Waals surface area contributed by atoms with Crippen LogP contribution < -0.4 is 21.0 Å². The zero-order chi connectivity index (χ0) is 29.1. The van der Waals surface area contributed by atoms with Gasteiger partial charge in [0.2, 0.25) is 0 Å². The van der Waals surface area contributed by atoms with Crippen molar-refractivity contribution in [3.63, 3.8) is 0 Å². The predicted molar refractivity (Wildman–Crippen MR) is 128 cm³/mol. The fraction of sp³-hybridized carbons (Fsp3) is 0.500. The summed E-state index contributed by atoms with van der Waals surface area (Å²) in [6.45, 7) is 3.01. The fourth-order valence-electron chi connectivity index (χ4n) is 3.55. The molecule has 0 unspecified atom stereocenters. The first kappa shape index (κ1) is 30.5. The maximum Gasteiger partial charge on any atom is 0.459 e. The van der Waals surface area contributed by atoms with E-state index in [9.17, 15) is 37.5 Å². The number of aliphatic hydroxyl groups excluding tert-OH is 2. The molecule has 0 saturated carbocycles. The smallest absolute Gasteiger partial charge is 0.459 e. The summed E-state index contributed by atoms with van der Waals surface area (Å²) in [7, 11) is -4.71. The summed E-state index contributed by atoms with van der Waals surface area (Å²) < 4.78 is 77.5. The van der Waals surface area contributed by atoms with Crippen molar-refractivity contribution in [3.8, 4) is 5.75 Å². The SMILES string of the molecule is CC(C)OC(=O)[C@H](C)N[P@](=O)(OC[C@@]1(C(F)F)O[C@@H](n2cc(F)c(N)nc2=O)[C@H](O)[C@@H]1O)Oc1ccccc1. The molecule has 1 aromatic carbocycles. The lowest BCUT2D eigenvalue weighted by Crippen LogP contribution is -2.53. The number of carbonyl (C=O) groups excluding carboxylic acids is 1. The van der Waals surface area contributed by atoms with Crippen LogP contribution in [0.2, 0.25) is 0 Å². The zero-order valence-corrected chi connectivity index (χ0v) is 21.8. The highest BCUT2D eigenvalue weighted by Gasteiger charge is 2.61. The summed E-state index contributed by atoms with van der Waals surface area (Å²) >= 11 is 0. The third kappa shape index (κ3) is 6.77. The number of nitrogens with two attached hydrogens (primary N) is 1. The van der Waals surface area contributed by atoms with Crippen LogP contribution in [0.25, 0.3) is 0 Å². The van der Waals surface area contributed by atoms with Crippen LogP contribution >= 0.6 is 7.75 Å². The Bertz CT molecular complexity index is 1270. The molecule has 0 radical (unpaired) electrons. The Morgan fingerprint density at radius 3 is 2.51 bits per heavy atom. The molecule has 13 nitrogen and oxygen atoms in total. The number of hydrogen-bond acceptors (Lipinski definition) is 11. The van der Waals surface area contributed by atoms with Gasteiger partial charge in [-0.15, -0.1) is 0 Å². The molecular weight excluding hydrogens is 552 g/mol. The van der Waals surface area contributed by atoms with Gasteiger partial charge in [-0.25, -0.2) is 22.5 Å². The Hall–Kier alpha value is -3.01. The summed E-state index contributed by atoms with van der Waals surface area (Å²) in [6, 6.07) is 6.06. The standard InChI is InChI=1S/C22H28F3N4O9P/c1-11(2)36-19(32)12(3)28-39(34,38-13-7-5-4-6-8-13)35-10-22(20(24)25)16(31)15(30)18(37-22)29-9-14(23)17(26)27-21(29)33/h4-9,11-12,15-16,18,20,30-31H,10H2,1-3H3,(H,28,34)(H2,26,27,33)/t12-,15+,16-,18+,22+,39-/m0/s1. The van der Waals surface area contributed by atoms with Gasteiger partial charge in [0, 0.05) is 0 Å². The van der Waals surface area contributed by atoms with Gasteiger partial charge in [-0.1, -0.05) is 18.2 Å². The van der Waals surface area contributed by atoms with Crippen LogP contribution in [-0.4, -0.2) is 68.7 Å². The number of aliphatic hydroxyl groups is 2. The van der Waals surface area contributed by atoms with Crippen LogP contribution in [0.5, 0.6) is 5.75 Å². The van der Waals surface area contributed by atoms with E-state index in [1.807, 2.05) is 0 Å². The van der Waals surface area contributed by atoms with E-state index >= 15 is 0 Å². The first-order chi connectivity index (χ1) is 18.2. The largest absolute Gasteiger partial charge is 0.462 e. The second kappa shape index (κ2) is 12.0. The van der Waals surface area contributed by atoms with Crippen LogP contribution in [0.1, 0.15) is 27.0 Å². The van der Waals surface area contributed by atoms with Crippen molar-refractivity contribution in [2.24, 2.45) is 0 Å². The number of anilines is 1. The molecule has 0 aliphatic carbocycles.